The lowest BCUT2D eigenvalue weighted by Gasteiger charge is -2.02. The van der Waals surface area contributed by atoms with Crippen LogP contribution in [0.3, 0.4) is 0 Å². The summed E-state index contributed by atoms with van der Waals surface area (Å²) in [5, 5.41) is 14.8. The van der Waals surface area contributed by atoms with E-state index in [1.54, 1.807) is 7.11 Å². The number of tetrazole rings is 1. The second-order valence-electron chi connectivity index (χ2n) is 4.54. The second kappa shape index (κ2) is 7.49. The monoisotopic (exact) mass is 289 g/mol. The van der Waals surface area contributed by atoms with Gasteiger partial charge in [-0.3, -0.25) is 4.79 Å². The molecule has 0 atom stereocenters. The van der Waals surface area contributed by atoms with Gasteiger partial charge in [-0.25, -0.2) is 0 Å². The van der Waals surface area contributed by atoms with Crippen molar-refractivity contribution in [3.05, 3.63) is 29.8 Å². The molecule has 0 aliphatic heterocycles. The van der Waals surface area contributed by atoms with Crippen molar-refractivity contribution in [3.63, 3.8) is 0 Å². The smallest absolute Gasteiger partial charge is 0.243 e. The summed E-state index contributed by atoms with van der Waals surface area (Å²) in [5.74, 6) is 0.347. The number of aromatic nitrogens is 4. The number of hydrogen-bond acceptors (Lipinski definition) is 5. The van der Waals surface area contributed by atoms with Crippen molar-refractivity contribution in [1.82, 2.24) is 25.5 Å². The van der Waals surface area contributed by atoms with Gasteiger partial charge in [-0.1, -0.05) is 31.2 Å². The number of methoxy groups -OCH3 is 1. The predicted octanol–water partition coefficient (Wildman–Crippen LogP) is 0.665. The quantitative estimate of drug-likeness (QED) is 0.757. The van der Waals surface area contributed by atoms with Gasteiger partial charge in [0.1, 0.15) is 6.54 Å². The summed E-state index contributed by atoms with van der Waals surface area (Å²) in [6, 6.07) is 7.98. The van der Waals surface area contributed by atoms with Gasteiger partial charge >= 0.3 is 0 Å². The molecule has 21 heavy (non-hydrogen) atoms. The molecule has 0 spiro atoms. The third-order valence-electron chi connectivity index (χ3n) is 2.99. The molecule has 0 fully saturated rings. The Bertz CT molecular complexity index is 579. The molecule has 7 heteroatoms. The molecule has 0 unspecified atom stereocenters. The molecule has 2 aromatic rings. The molecule has 1 aromatic carbocycles. The lowest BCUT2D eigenvalue weighted by Crippen LogP contribution is -2.31. The number of carbonyl (C=O) groups excluding carboxylic acids is 1. The van der Waals surface area contributed by atoms with Crippen LogP contribution in [0.2, 0.25) is 0 Å². The van der Waals surface area contributed by atoms with Gasteiger partial charge in [0, 0.05) is 19.2 Å². The normalized spacial score (nSPS) is 10.6. The van der Waals surface area contributed by atoms with Gasteiger partial charge in [0.25, 0.3) is 0 Å². The Morgan fingerprint density at radius 3 is 2.76 bits per heavy atom. The molecular formula is C14H19N5O2. The summed E-state index contributed by atoms with van der Waals surface area (Å²) in [4.78, 5) is 12.9. The molecule has 0 aliphatic carbocycles. The van der Waals surface area contributed by atoms with Crippen molar-refractivity contribution in [2.75, 3.05) is 20.3 Å². The molecule has 1 amide bonds. The van der Waals surface area contributed by atoms with E-state index in [0.29, 0.717) is 19.0 Å². The molecule has 112 valence electrons. The van der Waals surface area contributed by atoms with Gasteiger partial charge in [-0.2, -0.15) is 4.80 Å². The van der Waals surface area contributed by atoms with Gasteiger partial charge in [0.05, 0.1) is 6.61 Å². The summed E-state index contributed by atoms with van der Waals surface area (Å²) in [6.45, 7) is 3.09. The van der Waals surface area contributed by atoms with E-state index in [4.69, 9.17) is 4.74 Å². The first-order valence-corrected chi connectivity index (χ1v) is 6.85. The van der Waals surface area contributed by atoms with E-state index in [9.17, 15) is 4.79 Å². The Labute approximate surface area is 123 Å². The predicted molar refractivity (Wildman–Crippen MR) is 77.5 cm³/mol. The standard InChI is InChI=1S/C14H19N5O2/c1-3-11-4-6-12(7-5-11)14-16-18-19(17-14)10-13(20)15-8-9-21-2/h4-7H,3,8-10H2,1-2H3,(H,15,20). The van der Waals surface area contributed by atoms with Crippen LogP contribution < -0.4 is 5.32 Å². The average molecular weight is 289 g/mol. The second-order valence-corrected chi connectivity index (χ2v) is 4.54. The minimum absolute atomic E-state index is 0.0454. The number of rotatable bonds is 7. The van der Waals surface area contributed by atoms with Crippen molar-refractivity contribution in [3.8, 4) is 11.4 Å². The van der Waals surface area contributed by atoms with Gasteiger partial charge in [-0.05, 0) is 17.2 Å². The van der Waals surface area contributed by atoms with E-state index in [1.807, 2.05) is 24.3 Å². The van der Waals surface area contributed by atoms with Crippen molar-refractivity contribution in [2.24, 2.45) is 0 Å². The fourth-order valence-corrected chi connectivity index (χ4v) is 1.79. The zero-order valence-corrected chi connectivity index (χ0v) is 12.2. The average Bonchev–Trinajstić information content (AvgIpc) is 2.96. The minimum atomic E-state index is -0.169. The first-order valence-electron chi connectivity index (χ1n) is 6.85. The van der Waals surface area contributed by atoms with Crippen molar-refractivity contribution >= 4 is 5.91 Å². The van der Waals surface area contributed by atoms with Crippen LogP contribution in [0.1, 0.15) is 12.5 Å². The third kappa shape index (κ3) is 4.35. The van der Waals surface area contributed by atoms with E-state index in [-0.39, 0.29) is 12.5 Å². The summed E-state index contributed by atoms with van der Waals surface area (Å²) >= 11 is 0. The number of hydrogen-bond donors (Lipinski definition) is 1. The Balaban J connectivity index is 1.95. The molecule has 0 saturated heterocycles. The number of aryl methyl sites for hydroxylation is 1. The largest absolute Gasteiger partial charge is 0.383 e. The molecule has 1 heterocycles. The molecule has 0 radical (unpaired) electrons. The van der Waals surface area contributed by atoms with E-state index >= 15 is 0 Å². The van der Waals surface area contributed by atoms with Crippen LogP contribution in [0.4, 0.5) is 0 Å². The zero-order valence-electron chi connectivity index (χ0n) is 12.2. The van der Waals surface area contributed by atoms with Crippen LogP contribution in [0.5, 0.6) is 0 Å². The van der Waals surface area contributed by atoms with E-state index < -0.39 is 0 Å². The summed E-state index contributed by atoms with van der Waals surface area (Å²) in [5.41, 5.74) is 2.14. The van der Waals surface area contributed by atoms with E-state index in [1.165, 1.54) is 10.4 Å². The van der Waals surface area contributed by atoms with Crippen LogP contribution in [0, 0.1) is 0 Å². The number of benzene rings is 1. The van der Waals surface area contributed by atoms with Crippen LogP contribution in [0.15, 0.2) is 24.3 Å². The fraction of sp³-hybridized carbons (Fsp3) is 0.429. The summed E-state index contributed by atoms with van der Waals surface area (Å²) in [7, 11) is 1.58. The number of amides is 1. The highest BCUT2D eigenvalue weighted by Gasteiger charge is 2.08. The van der Waals surface area contributed by atoms with Gasteiger partial charge in [0.2, 0.25) is 11.7 Å². The van der Waals surface area contributed by atoms with Crippen LogP contribution >= 0.6 is 0 Å². The first kappa shape index (κ1) is 15.1. The number of nitrogens with one attached hydrogen (secondary N) is 1. The lowest BCUT2D eigenvalue weighted by molar-refractivity contribution is -0.122. The summed E-state index contributed by atoms with van der Waals surface area (Å²) < 4.78 is 4.86. The molecule has 1 aromatic heterocycles. The number of carbonyl (C=O) groups is 1. The van der Waals surface area contributed by atoms with Crippen molar-refractivity contribution in [1.29, 1.82) is 0 Å². The molecule has 0 bridgehead atoms. The van der Waals surface area contributed by atoms with Gasteiger partial charge in [-0.15, -0.1) is 10.2 Å². The number of ether oxygens (including phenoxy) is 1. The topological polar surface area (TPSA) is 81.9 Å². The molecule has 1 N–H and O–H groups in total. The number of nitrogens with zero attached hydrogens (tertiary/aromatic N) is 4. The SMILES string of the molecule is CCc1ccc(-c2nnn(CC(=O)NCCOC)n2)cc1. The third-order valence-corrected chi connectivity index (χ3v) is 2.99. The maximum Gasteiger partial charge on any atom is 0.243 e. The van der Waals surface area contributed by atoms with Crippen LogP contribution in [-0.4, -0.2) is 46.4 Å². The van der Waals surface area contributed by atoms with Crippen molar-refractivity contribution < 1.29 is 9.53 Å². The fourth-order valence-electron chi connectivity index (χ4n) is 1.79. The molecule has 7 nitrogen and oxygen atoms in total. The van der Waals surface area contributed by atoms with E-state index in [2.05, 4.69) is 27.7 Å². The Morgan fingerprint density at radius 1 is 1.33 bits per heavy atom. The maximum absolute atomic E-state index is 11.6. The van der Waals surface area contributed by atoms with Crippen LogP contribution in [0.25, 0.3) is 11.4 Å². The Hall–Kier alpha value is -2.28. The van der Waals surface area contributed by atoms with E-state index in [0.717, 1.165) is 12.0 Å². The minimum Gasteiger partial charge on any atom is -0.383 e. The maximum atomic E-state index is 11.6. The van der Waals surface area contributed by atoms with Crippen molar-refractivity contribution in [2.45, 2.75) is 19.9 Å². The molecular weight excluding hydrogens is 270 g/mol. The Morgan fingerprint density at radius 2 is 2.10 bits per heavy atom. The molecule has 0 saturated carbocycles. The Kier molecular flexibility index (Phi) is 5.39. The highest BCUT2D eigenvalue weighted by Crippen LogP contribution is 2.14. The van der Waals surface area contributed by atoms with Gasteiger partial charge in [0.15, 0.2) is 0 Å². The van der Waals surface area contributed by atoms with Crippen LogP contribution in [-0.2, 0) is 22.5 Å². The van der Waals surface area contributed by atoms with Gasteiger partial charge < -0.3 is 10.1 Å². The molecule has 2 rings (SSSR count). The molecule has 0 aliphatic rings. The zero-order chi connectivity index (χ0) is 15.1. The summed E-state index contributed by atoms with van der Waals surface area (Å²) in [6.07, 6.45) is 0.988. The first-order chi connectivity index (χ1) is 10.2. The highest BCUT2D eigenvalue weighted by molar-refractivity contribution is 5.75. The lowest BCUT2D eigenvalue weighted by atomic mass is 10.1. The highest BCUT2D eigenvalue weighted by atomic mass is 16.5.